The minimum absolute atomic E-state index is 0.303. The maximum atomic E-state index is 10.6. The molecular weight excluding hydrogens is 204 g/mol. The van der Waals surface area contributed by atoms with Crippen molar-refractivity contribution in [3.63, 3.8) is 0 Å². The fraction of sp³-hybridized carbons (Fsp3) is 0.167. The predicted molar refractivity (Wildman–Crippen MR) is 61.0 cm³/mol. The molecule has 0 fully saturated rings. The van der Waals surface area contributed by atoms with Crippen LogP contribution in [0.4, 0.5) is 0 Å². The first-order valence-corrected chi connectivity index (χ1v) is 5.01. The highest BCUT2D eigenvalue weighted by Crippen LogP contribution is 2.14. The summed E-state index contributed by atoms with van der Waals surface area (Å²) in [5.41, 5.74) is 7.43. The Hall–Kier alpha value is -1.94. The zero-order valence-electron chi connectivity index (χ0n) is 8.72. The lowest BCUT2D eigenvalue weighted by Crippen LogP contribution is -2.15. The molecule has 4 heteroatoms. The van der Waals surface area contributed by atoms with Gasteiger partial charge in [0.1, 0.15) is 0 Å². The van der Waals surface area contributed by atoms with Gasteiger partial charge in [-0.1, -0.05) is 18.2 Å². The molecule has 0 bridgehead atoms. The van der Waals surface area contributed by atoms with Crippen molar-refractivity contribution in [3.8, 4) is 0 Å². The number of allylic oxidation sites excluding steroid dienone is 1. The molecule has 0 amide bonds. The van der Waals surface area contributed by atoms with Crippen LogP contribution in [-0.4, -0.2) is 18.7 Å². The van der Waals surface area contributed by atoms with Gasteiger partial charge in [0, 0.05) is 12.1 Å². The van der Waals surface area contributed by atoms with E-state index in [4.69, 9.17) is 10.5 Å². The van der Waals surface area contributed by atoms with Gasteiger partial charge in [-0.25, -0.2) is 4.99 Å². The number of rotatable bonds is 3. The molecule has 1 aromatic carbocycles. The molecule has 0 saturated heterocycles. The van der Waals surface area contributed by atoms with Gasteiger partial charge in [0.15, 0.2) is 12.0 Å². The largest absolute Gasteiger partial charge is 0.436 e. The van der Waals surface area contributed by atoms with Crippen LogP contribution in [0.2, 0.25) is 0 Å². The van der Waals surface area contributed by atoms with Gasteiger partial charge < -0.3 is 10.5 Å². The fourth-order valence-corrected chi connectivity index (χ4v) is 1.52. The summed E-state index contributed by atoms with van der Waals surface area (Å²) in [7, 11) is 0. The Bertz CT molecular complexity index is 464. The van der Waals surface area contributed by atoms with Crippen molar-refractivity contribution >= 4 is 12.2 Å². The van der Waals surface area contributed by atoms with E-state index >= 15 is 0 Å². The average Bonchev–Trinajstić information content (AvgIpc) is 2.38. The lowest BCUT2D eigenvalue weighted by atomic mass is 10.1. The maximum Gasteiger partial charge on any atom is 0.222 e. The van der Waals surface area contributed by atoms with Gasteiger partial charge in [-0.2, -0.15) is 0 Å². The molecular formula is C12H12N2O2. The minimum Gasteiger partial charge on any atom is -0.436 e. The van der Waals surface area contributed by atoms with Crippen LogP contribution in [0.3, 0.4) is 0 Å². The summed E-state index contributed by atoms with van der Waals surface area (Å²) < 4.78 is 5.35. The van der Waals surface area contributed by atoms with E-state index in [1.165, 1.54) is 0 Å². The van der Waals surface area contributed by atoms with Crippen molar-refractivity contribution in [1.82, 2.24) is 0 Å². The van der Waals surface area contributed by atoms with E-state index in [-0.39, 0.29) is 0 Å². The topological polar surface area (TPSA) is 64.7 Å². The third-order valence-electron chi connectivity index (χ3n) is 2.33. The van der Waals surface area contributed by atoms with Crippen LogP contribution in [-0.2, 0) is 16.1 Å². The van der Waals surface area contributed by atoms with Gasteiger partial charge >= 0.3 is 0 Å². The maximum absolute atomic E-state index is 10.6. The van der Waals surface area contributed by atoms with E-state index in [9.17, 15) is 4.79 Å². The molecule has 2 N–H and O–H groups in total. The Labute approximate surface area is 93.4 Å². The van der Waals surface area contributed by atoms with Crippen LogP contribution in [0.5, 0.6) is 0 Å². The number of carbonyl (C=O) groups excluding carboxylic acids is 1. The summed E-state index contributed by atoms with van der Waals surface area (Å²) in [5, 5.41) is 0. The SMILES string of the molecule is NCc1ccccc1C1=NCC=C(C=O)O1. The summed E-state index contributed by atoms with van der Waals surface area (Å²) in [6.45, 7) is 0.876. The van der Waals surface area contributed by atoms with Gasteiger partial charge in [0.05, 0.1) is 6.54 Å². The van der Waals surface area contributed by atoms with Gasteiger partial charge in [-0.05, 0) is 17.7 Å². The standard InChI is InChI=1S/C12H12N2O2/c13-7-9-3-1-2-4-11(9)12-14-6-5-10(8-15)16-12/h1-5,8H,6-7,13H2. The number of hydrogen-bond acceptors (Lipinski definition) is 4. The normalized spacial score (nSPS) is 14.8. The van der Waals surface area contributed by atoms with E-state index in [0.717, 1.165) is 11.1 Å². The number of nitrogens with two attached hydrogens (primary N) is 1. The van der Waals surface area contributed by atoms with E-state index in [2.05, 4.69) is 4.99 Å². The van der Waals surface area contributed by atoms with Crippen LogP contribution in [0.25, 0.3) is 0 Å². The third kappa shape index (κ3) is 2.01. The molecule has 0 spiro atoms. The summed E-state index contributed by atoms with van der Waals surface area (Å²) in [4.78, 5) is 14.8. The van der Waals surface area contributed by atoms with E-state index in [1.807, 2.05) is 24.3 Å². The second-order valence-electron chi connectivity index (χ2n) is 3.33. The Morgan fingerprint density at radius 1 is 1.44 bits per heavy atom. The van der Waals surface area contributed by atoms with Gasteiger partial charge in [0.25, 0.3) is 0 Å². The number of hydrogen-bond donors (Lipinski definition) is 1. The monoisotopic (exact) mass is 216 g/mol. The zero-order chi connectivity index (χ0) is 11.4. The predicted octanol–water partition coefficient (Wildman–Crippen LogP) is 1.00. The zero-order valence-corrected chi connectivity index (χ0v) is 8.72. The number of benzene rings is 1. The van der Waals surface area contributed by atoms with Gasteiger partial charge in [-0.3, -0.25) is 4.79 Å². The van der Waals surface area contributed by atoms with E-state index in [0.29, 0.717) is 31.0 Å². The molecule has 1 heterocycles. The lowest BCUT2D eigenvalue weighted by molar-refractivity contribution is -0.106. The number of carbonyl (C=O) groups is 1. The van der Waals surface area contributed by atoms with Crippen LogP contribution in [0.15, 0.2) is 41.1 Å². The highest BCUT2D eigenvalue weighted by molar-refractivity contribution is 5.98. The minimum atomic E-state index is 0.303. The smallest absolute Gasteiger partial charge is 0.222 e. The molecule has 2 rings (SSSR count). The molecule has 0 radical (unpaired) electrons. The Morgan fingerprint density at radius 3 is 3.00 bits per heavy atom. The molecule has 1 aromatic rings. The molecule has 1 aliphatic heterocycles. The van der Waals surface area contributed by atoms with Crippen molar-refractivity contribution in [3.05, 3.63) is 47.2 Å². The summed E-state index contributed by atoms with van der Waals surface area (Å²) in [6.07, 6.45) is 2.32. The van der Waals surface area contributed by atoms with E-state index < -0.39 is 0 Å². The van der Waals surface area contributed by atoms with Crippen LogP contribution < -0.4 is 5.73 Å². The molecule has 0 saturated carbocycles. The Morgan fingerprint density at radius 2 is 2.25 bits per heavy atom. The summed E-state index contributed by atoms with van der Waals surface area (Å²) in [6, 6.07) is 7.60. The molecule has 0 aliphatic carbocycles. The Kier molecular flexibility index (Phi) is 3.12. The van der Waals surface area contributed by atoms with Gasteiger partial charge in [0.2, 0.25) is 5.90 Å². The second-order valence-corrected chi connectivity index (χ2v) is 3.33. The highest BCUT2D eigenvalue weighted by Gasteiger charge is 2.14. The first kappa shape index (κ1) is 10.6. The fourth-order valence-electron chi connectivity index (χ4n) is 1.52. The highest BCUT2D eigenvalue weighted by atomic mass is 16.5. The number of aliphatic imine (C=N–C) groups is 1. The first-order chi connectivity index (χ1) is 7.85. The second kappa shape index (κ2) is 4.72. The van der Waals surface area contributed by atoms with Crippen molar-refractivity contribution in [2.24, 2.45) is 10.7 Å². The van der Waals surface area contributed by atoms with Crippen molar-refractivity contribution < 1.29 is 9.53 Å². The molecule has 82 valence electrons. The quantitative estimate of drug-likeness (QED) is 0.767. The molecule has 1 aliphatic rings. The summed E-state index contributed by atoms with van der Waals surface area (Å²) in [5.74, 6) is 0.766. The average molecular weight is 216 g/mol. The molecule has 4 nitrogen and oxygen atoms in total. The van der Waals surface area contributed by atoms with Crippen molar-refractivity contribution in [1.29, 1.82) is 0 Å². The molecule has 0 atom stereocenters. The first-order valence-electron chi connectivity index (χ1n) is 5.01. The lowest BCUT2D eigenvalue weighted by Gasteiger charge is -2.14. The van der Waals surface area contributed by atoms with Crippen LogP contribution in [0.1, 0.15) is 11.1 Å². The number of aldehydes is 1. The molecule has 0 aromatic heterocycles. The Balaban J connectivity index is 2.31. The van der Waals surface area contributed by atoms with E-state index in [1.54, 1.807) is 6.08 Å². The molecule has 0 unspecified atom stereocenters. The summed E-state index contributed by atoms with van der Waals surface area (Å²) >= 11 is 0. The third-order valence-corrected chi connectivity index (χ3v) is 2.33. The van der Waals surface area contributed by atoms with Crippen LogP contribution in [0, 0.1) is 0 Å². The van der Waals surface area contributed by atoms with Crippen molar-refractivity contribution in [2.45, 2.75) is 6.54 Å². The van der Waals surface area contributed by atoms with Gasteiger partial charge in [-0.15, -0.1) is 0 Å². The number of nitrogens with zero attached hydrogens (tertiary/aromatic N) is 1. The molecule has 16 heavy (non-hydrogen) atoms. The van der Waals surface area contributed by atoms with Crippen molar-refractivity contribution in [2.75, 3.05) is 6.54 Å². The van der Waals surface area contributed by atoms with Crippen LogP contribution >= 0.6 is 0 Å². The number of ether oxygens (including phenoxy) is 1.